The second kappa shape index (κ2) is 3.41. The molecule has 0 aliphatic carbocycles. The second-order valence-corrected chi connectivity index (χ2v) is 2.12. The Hall–Kier alpha value is -0.630. The highest BCUT2D eigenvalue weighted by Gasteiger charge is 1.99. The SMILES string of the molecule is CNC1C=CC=NCC1. The summed E-state index contributed by atoms with van der Waals surface area (Å²) in [5, 5.41) is 3.18. The third-order valence-corrected chi connectivity index (χ3v) is 1.47. The maximum atomic E-state index is 4.12. The van der Waals surface area contributed by atoms with E-state index in [1.165, 1.54) is 0 Å². The number of nitrogens with zero attached hydrogens (tertiary/aromatic N) is 1. The highest BCUT2D eigenvalue weighted by Crippen LogP contribution is 1.96. The fraction of sp³-hybridized carbons (Fsp3) is 0.571. The van der Waals surface area contributed by atoms with Crippen LogP contribution in [0, 0.1) is 0 Å². The number of nitrogens with one attached hydrogen (secondary N) is 1. The first kappa shape index (κ1) is 6.49. The van der Waals surface area contributed by atoms with Gasteiger partial charge < -0.3 is 5.32 Å². The third kappa shape index (κ3) is 1.98. The van der Waals surface area contributed by atoms with Gasteiger partial charge in [0.05, 0.1) is 0 Å². The smallest absolute Gasteiger partial charge is 0.0407 e. The second-order valence-electron chi connectivity index (χ2n) is 2.12. The Morgan fingerprint density at radius 2 is 2.56 bits per heavy atom. The molecule has 2 heteroatoms. The number of hydrogen-bond acceptors (Lipinski definition) is 2. The molecule has 9 heavy (non-hydrogen) atoms. The molecule has 1 rings (SSSR count). The van der Waals surface area contributed by atoms with Crippen LogP contribution in [0.5, 0.6) is 0 Å². The van der Waals surface area contributed by atoms with E-state index in [1.54, 1.807) is 0 Å². The number of aliphatic imine (C=N–C) groups is 1. The van der Waals surface area contributed by atoms with Gasteiger partial charge in [-0.1, -0.05) is 6.08 Å². The minimum Gasteiger partial charge on any atom is -0.313 e. The maximum Gasteiger partial charge on any atom is 0.0407 e. The molecule has 0 spiro atoms. The van der Waals surface area contributed by atoms with Crippen LogP contribution in [0.25, 0.3) is 0 Å². The fourth-order valence-corrected chi connectivity index (χ4v) is 0.870. The predicted octanol–water partition coefficient (Wildman–Crippen LogP) is 0.605. The lowest BCUT2D eigenvalue weighted by molar-refractivity contribution is 0.627. The Morgan fingerprint density at radius 1 is 1.67 bits per heavy atom. The van der Waals surface area contributed by atoms with Crippen molar-refractivity contribution >= 4 is 6.21 Å². The molecular formula is C7H12N2. The first-order chi connectivity index (χ1) is 4.43. The molecule has 0 fully saturated rings. The number of hydrogen-bond donors (Lipinski definition) is 1. The summed E-state index contributed by atoms with van der Waals surface area (Å²) in [5.74, 6) is 0. The normalized spacial score (nSPS) is 26.1. The summed E-state index contributed by atoms with van der Waals surface area (Å²) in [6.45, 7) is 0.943. The Morgan fingerprint density at radius 3 is 3.33 bits per heavy atom. The van der Waals surface area contributed by atoms with E-state index in [2.05, 4.69) is 16.4 Å². The summed E-state index contributed by atoms with van der Waals surface area (Å²) in [6, 6.07) is 0.521. The van der Waals surface area contributed by atoms with E-state index in [1.807, 2.05) is 19.3 Å². The van der Waals surface area contributed by atoms with Gasteiger partial charge >= 0.3 is 0 Å². The summed E-state index contributed by atoms with van der Waals surface area (Å²) in [7, 11) is 1.97. The van der Waals surface area contributed by atoms with Crippen LogP contribution in [-0.4, -0.2) is 25.8 Å². The van der Waals surface area contributed by atoms with Crippen LogP contribution in [0.3, 0.4) is 0 Å². The highest BCUT2D eigenvalue weighted by molar-refractivity contribution is 5.71. The van der Waals surface area contributed by atoms with E-state index in [0.717, 1.165) is 13.0 Å². The zero-order chi connectivity index (χ0) is 6.53. The van der Waals surface area contributed by atoms with Crippen molar-refractivity contribution in [2.45, 2.75) is 12.5 Å². The molecule has 2 nitrogen and oxygen atoms in total. The number of rotatable bonds is 1. The molecular weight excluding hydrogens is 112 g/mol. The van der Waals surface area contributed by atoms with Crippen molar-refractivity contribution in [3.8, 4) is 0 Å². The topological polar surface area (TPSA) is 24.4 Å². The van der Waals surface area contributed by atoms with Crippen molar-refractivity contribution in [2.24, 2.45) is 4.99 Å². The monoisotopic (exact) mass is 124 g/mol. The highest BCUT2D eigenvalue weighted by atomic mass is 14.9. The average Bonchev–Trinajstić information content (AvgIpc) is 2.13. The average molecular weight is 124 g/mol. The molecule has 1 N–H and O–H groups in total. The Labute approximate surface area is 55.7 Å². The summed E-state index contributed by atoms with van der Waals surface area (Å²) in [5.41, 5.74) is 0. The Bertz CT molecular complexity index is 127. The molecule has 1 atom stereocenters. The molecule has 0 bridgehead atoms. The van der Waals surface area contributed by atoms with Crippen LogP contribution in [0.4, 0.5) is 0 Å². The van der Waals surface area contributed by atoms with Gasteiger partial charge in [-0.15, -0.1) is 0 Å². The molecule has 0 aromatic rings. The molecule has 0 aromatic heterocycles. The maximum absolute atomic E-state index is 4.12. The zero-order valence-electron chi connectivity index (χ0n) is 5.67. The van der Waals surface area contributed by atoms with Gasteiger partial charge in [0.2, 0.25) is 0 Å². The molecule has 50 valence electrons. The van der Waals surface area contributed by atoms with Crippen LogP contribution in [0.1, 0.15) is 6.42 Å². The molecule has 0 radical (unpaired) electrons. The van der Waals surface area contributed by atoms with Gasteiger partial charge in [0, 0.05) is 18.8 Å². The first-order valence-corrected chi connectivity index (χ1v) is 3.27. The van der Waals surface area contributed by atoms with E-state index in [-0.39, 0.29) is 0 Å². The largest absolute Gasteiger partial charge is 0.313 e. The summed E-state index contributed by atoms with van der Waals surface area (Å²) >= 11 is 0. The van der Waals surface area contributed by atoms with E-state index < -0.39 is 0 Å². The van der Waals surface area contributed by atoms with Crippen LogP contribution in [0.15, 0.2) is 17.1 Å². The van der Waals surface area contributed by atoms with Gasteiger partial charge in [0.1, 0.15) is 0 Å². The standard InChI is InChI=1S/C7H12N2/c1-8-7-3-2-5-9-6-4-7/h2-3,5,7-8H,4,6H2,1H3. The summed E-state index contributed by atoms with van der Waals surface area (Å²) in [4.78, 5) is 4.12. The zero-order valence-corrected chi connectivity index (χ0v) is 5.67. The predicted molar refractivity (Wildman–Crippen MR) is 40.0 cm³/mol. The Balaban J connectivity index is 2.41. The lowest BCUT2D eigenvalue weighted by atomic mass is 10.2. The van der Waals surface area contributed by atoms with Crippen LogP contribution in [0.2, 0.25) is 0 Å². The molecule has 1 heterocycles. The molecule has 1 unspecified atom stereocenters. The van der Waals surface area contributed by atoms with Crippen molar-refractivity contribution in [1.82, 2.24) is 5.32 Å². The third-order valence-electron chi connectivity index (χ3n) is 1.47. The van der Waals surface area contributed by atoms with Crippen molar-refractivity contribution < 1.29 is 0 Å². The molecule has 0 saturated heterocycles. The van der Waals surface area contributed by atoms with Gasteiger partial charge in [0.15, 0.2) is 0 Å². The van der Waals surface area contributed by atoms with E-state index in [9.17, 15) is 0 Å². The van der Waals surface area contributed by atoms with Crippen molar-refractivity contribution in [1.29, 1.82) is 0 Å². The van der Waals surface area contributed by atoms with Gasteiger partial charge in [0.25, 0.3) is 0 Å². The molecule has 0 aromatic carbocycles. The minimum atomic E-state index is 0.521. The number of allylic oxidation sites excluding steroid dienone is 1. The minimum absolute atomic E-state index is 0.521. The summed E-state index contributed by atoms with van der Waals surface area (Å²) in [6.07, 6.45) is 7.10. The lowest BCUT2D eigenvalue weighted by Gasteiger charge is -2.06. The van der Waals surface area contributed by atoms with Crippen molar-refractivity contribution in [3.05, 3.63) is 12.2 Å². The van der Waals surface area contributed by atoms with Crippen molar-refractivity contribution in [2.75, 3.05) is 13.6 Å². The molecule has 1 aliphatic rings. The van der Waals surface area contributed by atoms with Gasteiger partial charge in [-0.25, -0.2) is 0 Å². The van der Waals surface area contributed by atoms with Gasteiger partial charge in [-0.05, 0) is 19.5 Å². The quantitative estimate of drug-likeness (QED) is 0.544. The van der Waals surface area contributed by atoms with Crippen LogP contribution in [-0.2, 0) is 0 Å². The first-order valence-electron chi connectivity index (χ1n) is 3.27. The Kier molecular flexibility index (Phi) is 2.46. The van der Waals surface area contributed by atoms with E-state index in [4.69, 9.17) is 0 Å². The van der Waals surface area contributed by atoms with E-state index >= 15 is 0 Å². The molecule has 0 saturated carbocycles. The lowest BCUT2D eigenvalue weighted by Crippen LogP contribution is -2.22. The molecule has 0 amide bonds. The van der Waals surface area contributed by atoms with Crippen molar-refractivity contribution in [3.63, 3.8) is 0 Å². The molecule has 1 aliphatic heterocycles. The summed E-state index contributed by atoms with van der Waals surface area (Å²) < 4.78 is 0. The van der Waals surface area contributed by atoms with Crippen LogP contribution < -0.4 is 5.32 Å². The van der Waals surface area contributed by atoms with Gasteiger partial charge in [-0.2, -0.15) is 0 Å². The van der Waals surface area contributed by atoms with E-state index in [0.29, 0.717) is 6.04 Å². The van der Waals surface area contributed by atoms with Gasteiger partial charge in [-0.3, -0.25) is 4.99 Å². The number of likely N-dealkylation sites (N-methyl/N-ethyl adjacent to an activating group) is 1. The fourth-order valence-electron chi connectivity index (χ4n) is 0.870. The van der Waals surface area contributed by atoms with Crippen LogP contribution >= 0.6 is 0 Å².